The predicted octanol–water partition coefficient (Wildman–Crippen LogP) is 3.01. The number of hydrogen-bond donors (Lipinski definition) is 1. The second-order valence-corrected chi connectivity index (χ2v) is 5.89. The van der Waals surface area contributed by atoms with E-state index in [2.05, 4.69) is 27.3 Å². The summed E-state index contributed by atoms with van der Waals surface area (Å²) >= 11 is 3.53. The summed E-state index contributed by atoms with van der Waals surface area (Å²) < 4.78 is 1.09. The Labute approximate surface area is 135 Å². The van der Waals surface area contributed by atoms with Crippen molar-refractivity contribution < 1.29 is 4.79 Å². The SMILES string of the molecule is CNC1CCN(C(=O)CCc2ccccc2Br)CC1.Cl. The van der Waals surface area contributed by atoms with Crippen LogP contribution in [0.5, 0.6) is 0 Å². The van der Waals surface area contributed by atoms with Crippen LogP contribution < -0.4 is 5.32 Å². The van der Waals surface area contributed by atoms with Gasteiger partial charge in [0.1, 0.15) is 0 Å². The molecule has 3 nitrogen and oxygen atoms in total. The van der Waals surface area contributed by atoms with Crippen molar-refractivity contribution in [3.05, 3.63) is 34.3 Å². The smallest absolute Gasteiger partial charge is 0.222 e. The van der Waals surface area contributed by atoms with Crippen LogP contribution in [0.3, 0.4) is 0 Å². The third-order valence-electron chi connectivity index (χ3n) is 3.82. The zero-order valence-corrected chi connectivity index (χ0v) is 14.2. The molecule has 0 unspecified atom stereocenters. The van der Waals surface area contributed by atoms with Crippen LogP contribution in [0.25, 0.3) is 0 Å². The Balaban J connectivity index is 0.00000200. The lowest BCUT2D eigenvalue weighted by atomic mass is 10.0. The molecule has 1 aliphatic rings. The highest BCUT2D eigenvalue weighted by atomic mass is 79.9. The first-order valence-electron chi connectivity index (χ1n) is 6.89. The molecule has 1 N–H and O–H groups in total. The Morgan fingerprint density at radius 2 is 2.00 bits per heavy atom. The molecular weight excluding hydrogens is 340 g/mol. The van der Waals surface area contributed by atoms with Crippen molar-refractivity contribution in [3.63, 3.8) is 0 Å². The highest BCUT2D eigenvalue weighted by Crippen LogP contribution is 2.18. The molecule has 0 atom stereocenters. The van der Waals surface area contributed by atoms with E-state index in [1.807, 2.05) is 30.1 Å². The van der Waals surface area contributed by atoms with Crippen LogP contribution in [0.15, 0.2) is 28.7 Å². The number of rotatable bonds is 4. The highest BCUT2D eigenvalue weighted by Gasteiger charge is 2.21. The third kappa shape index (κ3) is 4.76. The van der Waals surface area contributed by atoms with Crippen LogP contribution in [-0.4, -0.2) is 37.0 Å². The second kappa shape index (κ2) is 8.65. The van der Waals surface area contributed by atoms with Crippen molar-refractivity contribution in [2.45, 2.75) is 31.7 Å². The van der Waals surface area contributed by atoms with Gasteiger partial charge in [0.15, 0.2) is 0 Å². The van der Waals surface area contributed by atoms with Crippen molar-refractivity contribution >= 4 is 34.2 Å². The van der Waals surface area contributed by atoms with Crippen molar-refractivity contribution in [2.24, 2.45) is 0 Å². The molecule has 1 saturated heterocycles. The minimum absolute atomic E-state index is 0. The Morgan fingerprint density at radius 3 is 2.60 bits per heavy atom. The van der Waals surface area contributed by atoms with Crippen LogP contribution in [0, 0.1) is 0 Å². The number of aryl methyl sites for hydroxylation is 1. The van der Waals surface area contributed by atoms with Gasteiger partial charge >= 0.3 is 0 Å². The molecule has 2 rings (SSSR count). The lowest BCUT2D eigenvalue weighted by Crippen LogP contribution is -2.44. The maximum Gasteiger partial charge on any atom is 0.222 e. The minimum Gasteiger partial charge on any atom is -0.343 e. The molecule has 112 valence electrons. The number of benzene rings is 1. The Morgan fingerprint density at radius 1 is 1.35 bits per heavy atom. The zero-order chi connectivity index (χ0) is 13.7. The number of hydrogen-bond acceptors (Lipinski definition) is 2. The number of carbonyl (C=O) groups excluding carboxylic acids is 1. The molecule has 1 amide bonds. The standard InChI is InChI=1S/C15H21BrN2O.ClH/c1-17-13-8-10-18(11-9-13)15(19)7-6-12-4-2-3-5-14(12)16;/h2-5,13,17H,6-11H2,1H3;1H. The molecular formula is C15H22BrClN2O. The van der Waals surface area contributed by atoms with Gasteiger partial charge in [0.25, 0.3) is 0 Å². The minimum atomic E-state index is 0. The number of carbonyl (C=O) groups is 1. The molecule has 0 bridgehead atoms. The molecule has 0 spiro atoms. The lowest BCUT2D eigenvalue weighted by Gasteiger charge is -2.31. The first kappa shape index (κ1) is 17.5. The fourth-order valence-electron chi connectivity index (χ4n) is 2.52. The zero-order valence-electron chi connectivity index (χ0n) is 11.8. The van der Waals surface area contributed by atoms with Crippen molar-refractivity contribution in [3.8, 4) is 0 Å². The second-order valence-electron chi connectivity index (χ2n) is 5.04. The molecule has 20 heavy (non-hydrogen) atoms. The van der Waals surface area contributed by atoms with Gasteiger partial charge in [0.05, 0.1) is 0 Å². The van der Waals surface area contributed by atoms with E-state index in [-0.39, 0.29) is 18.3 Å². The summed E-state index contributed by atoms with van der Waals surface area (Å²) in [5.41, 5.74) is 1.21. The normalized spacial score (nSPS) is 15.8. The summed E-state index contributed by atoms with van der Waals surface area (Å²) in [5, 5.41) is 3.28. The van der Waals surface area contributed by atoms with E-state index in [0.29, 0.717) is 12.5 Å². The van der Waals surface area contributed by atoms with Gasteiger partial charge in [-0.1, -0.05) is 34.1 Å². The monoisotopic (exact) mass is 360 g/mol. The fourth-order valence-corrected chi connectivity index (χ4v) is 3.00. The van der Waals surface area contributed by atoms with Gasteiger partial charge in [-0.3, -0.25) is 4.79 Å². The molecule has 1 aromatic rings. The van der Waals surface area contributed by atoms with Gasteiger partial charge in [-0.15, -0.1) is 12.4 Å². The molecule has 0 radical (unpaired) electrons. The van der Waals surface area contributed by atoms with E-state index in [9.17, 15) is 4.79 Å². The number of nitrogens with one attached hydrogen (secondary N) is 1. The summed E-state index contributed by atoms with van der Waals surface area (Å²) in [6, 6.07) is 8.69. The van der Waals surface area contributed by atoms with Gasteiger partial charge in [-0.05, 0) is 37.9 Å². The molecule has 1 aromatic carbocycles. The predicted molar refractivity (Wildman–Crippen MR) is 88.4 cm³/mol. The molecule has 0 aliphatic carbocycles. The van der Waals surface area contributed by atoms with E-state index in [0.717, 1.165) is 36.8 Å². The maximum absolute atomic E-state index is 12.2. The average Bonchev–Trinajstić information content (AvgIpc) is 2.46. The molecule has 5 heteroatoms. The summed E-state index contributed by atoms with van der Waals surface area (Å²) in [5.74, 6) is 0.283. The number of halogens is 2. The molecule has 1 aliphatic heterocycles. The molecule has 1 heterocycles. The van der Waals surface area contributed by atoms with Gasteiger partial charge in [0, 0.05) is 30.0 Å². The largest absolute Gasteiger partial charge is 0.343 e. The van der Waals surface area contributed by atoms with E-state index in [1.54, 1.807) is 0 Å². The topological polar surface area (TPSA) is 32.3 Å². The Hall–Kier alpha value is -0.580. The average molecular weight is 362 g/mol. The van der Waals surface area contributed by atoms with Crippen LogP contribution >= 0.6 is 28.3 Å². The van der Waals surface area contributed by atoms with Gasteiger partial charge in [-0.25, -0.2) is 0 Å². The summed E-state index contributed by atoms with van der Waals surface area (Å²) in [6.45, 7) is 1.78. The fraction of sp³-hybridized carbons (Fsp3) is 0.533. The van der Waals surface area contributed by atoms with E-state index in [1.165, 1.54) is 5.56 Å². The van der Waals surface area contributed by atoms with Crippen LogP contribution in [0.4, 0.5) is 0 Å². The van der Waals surface area contributed by atoms with Crippen LogP contribution in [-0.2, 0) is 11.2 Å². The Bertz CT molecular complexity index is 434. The molecule has 0 aromatic heterocycles. The lowest BCUT2D eigenvalue weighted by molar-refractivity contribution is -0.132. The van der Waals surface area contributed by atoms with Gasteiger partial charge < -0.3 is 10.2 Å². The molecule has 0 saturated carbocycles. The highest BCUT2D eigenvalue weighted by molar-refractivity contribution is 9.10. The first-order chi connectivity index (χ1) is 9.20. The van der Waals surface area contributed by atoms with Gasteiger partial charge in [-0.2, -0.15) is 0 Å². The quantitative estimate of drug-likeness (QED) is 0.894. The maximum atomic E-state index is 12.2. The van der Waals surface area contributed by atoms with Crippen LogP contribution in [0.1, 0.15) is 24.8 Å². The number of likely N-dealkylation sites (tertiary alicyclic amines) is 1. The number of piperidine rings is 1. The van der Waals surface area contributed by atoms with Crippen molar-refractivity contribution in [1.29, 1.82) is 0 Å². The summed E-state index contributed by atoms with van der Waals surface area (Å²) in [7, 11) is 2.00. The summed E-state index contributed by atoms with van der Waals surface area (Å²) in [6.07, 6.45) is 3.55. The van der Waals surface area contributed by atoms with E-state index >= 15 is 0 Å². The first-order valence-corrected chi connectivity index (χ1v) is 7.68. The number of nitrogens with zero attached hydrogens (tertiary/aromatic N) is 1. The number of amides is 1. The van der Waals surface area contributed by atoms with E-state index in [4.69, 9.17) is 0 Å². The van der Waals surface area contributed by atoms with Crippen molar-refractivity contribution in [1.82, 2.24) is 10.2 Å². The summed E-state index contributed by atoms with van der Waals surface area (Å²) in [4.78, 5) is 14.2. The third-order valence-corrected chi connectivity index (χ3v) is 4.60. The van der Waals surface area contributed by atoms with Crippen LogP contribution in [0.2, 0.25) is 0 Å². The Kier molecular flexibility index (Phi) is 7.56. The van der Waals surface area contributed by atoms with Gasteiger partial charge in [0.2, 0.25) is 5.91 Å². The van der Waals surface area contributed by atoms with E-state index < -0.39 is 0 Å². The van der Waals surface area contributed by atoms with Crippen molar-refractivity contribution in [2.75, 3.05) is 20.1 Å². The molecule has 1 fully saturated rings.